The highest BCUT2D eigenvalue weighted by Gasteiger charge is 2.16. The van der Waals surface area contributed by atoms with E-state index in [1.807, 2.05) is 13.0 Å². The van der Waals surface area contributed by atoms with Crippen LogP contribution in [-0.4, -0.2) is 25.6 Å². The minimum atomic E-state index is -0.395. The van der Waals surface area contributed by atoms with Crippen molar-refractivity contribution >= 4 is 23.5 Å². The summed E-state index contributed by atoms with van der Waals surface area (Å²) in [6.45, 7) is 6.99. The molecule has 5 nitrogen and oxygen atoms in total. The Morgan fingerprint density at radius 2 is 1.75 bits per heavy atom. The largest absolute Gasteiger partial charge is 0.465 e. The Morgan fingerprint density at radius 3 is 2.36 bits per heavy atom. The van der Waals surface area contributed by atoms with Gasteiger partial charge in [-0.15, -0.1) is 0 Å². The number of hydrogen-bond donors (Lipinski definition) is 1. The summed E-state index contributed by atoms with van der Waals surface area (Å²) in [5.74, 6) is -0.207. The Hall–Kier alpha value is -2.37. The van der Waals surface area contributed by atoms with Gasteiger partial charge < -0.3 is 14.8 Å². The molecule has 28 heavy (non-hydrogen) atoms. The first kappa shape index (κ1) is 21.9. The number of benzene rings is 2. The predicted molar refractivity (Wildman–Crippen MR) is 110 cm³/mol. The summed E-state index contributed by atoms with van der Waals surface area (Å²) in [4.78, 5) is 24.4. The lowest BCUT2D eigenvalue weighted by atomic mass is 10.0. The summed E-state index contributed by atoms with van der Waals surface area (Å²) in [5.41, 5.74) is 2.62. The first-order valence-corrected chi connectivity index (χ1v) is 9.55. The zero-order valence-electron chi connectivity index (χ0n) is 16.6. The van der Waals surface area contributed by atoms with Gasteiger partial charge in [0.25, 0.3) is 5.91 Å². The van der Waals surface area contributed by atoms with E-state index in [2.05, 4.69) is 19.2 Å². The van der Waals surface area contributed by atoms with Crippen molar-refractivity contribution in [2.75, 3.05) is 13.7 Å². The summed E-state index contributed by atoms with van der Waals surface area (Å²) >= 11 is 6.10. The second kappa shape index (κ2) is 10.2. The number of carbonyl (C=O) groups excluding carboxylic acids is 2. The summed E-state index contributed by atoms with van der Waals surface area (Å²) in [5, 5.41) is 3.47. The van der Waals surface area contributed by atoms with Crippen LogP contribution in [0.25, 0.3) is 0 Å². The SMILES string of the molecule is COC(=O)c1ccc([C@H](C)NC(=O)c2cc(Cl)ccc2COCC(C)C)cc1. The van der Waals surface area contributed by atoms with Crippen LogP contribution >= 0.6 is 11.6 Å². The van der Waals surface area contributed by atoms with Crippen LogP contribution in [0.5, 0.6) is 0 Å². The maximum absolute atomic E-state index is 12.8. The van der Waals surface area contributed by atoms with E-state index in [1.54, 1.807) is 36.4 Å². The standard InChI is InChI=1S/C22H26ClNO4/c1-14(2)12-28-13-18-9-10-19(23)11-20(18)21(25)24-15(3)16-5-7-17(8-6-16)22(26)27-4/h5-11,14-15H,12-13H2,1-4H3,(H,24,25)/t15-/m0/s1. The van der Waals surface area contributed by atoms with E-state index in [-0.39, 0.29) is 11.9 Å². The number of nitrogens with one attached hydrogen (secondary N) is 1. The molecule has 0 spiro atoms. The van der Waals surface area contributed by atoms with Crippen LogP contribution < -0.4 is 5.32 Å². The second-order valence-electron chi connectivity index (χ2n) is 7.02. The van der Waals surface area contributed by atoms with Crippen LogP contribution in [-0.2, 0) is 16.1 Å². The number of halogens is 1. The molecule has 0 aliphatic rings. The minimum Gasteiger partial charge on any atom is -0.465 e. The third-order valence-electron chi connectivity index (χ3n) is 4.20. The Morgan fingerprint density at radius 1 is 1.07 bits per heavy atom. The third kappa shape index (κ3) is 6.08. The van der Waals surface area contributed by atoms with Crippen molar-refractivity contribution in [3.8, 4) is 0 Å². The van der Waals surface area contributed by atoms with E-state index in [0.29, 0.717) is 35.3 Å². The molecule has 2 aromatic carbocycles. The normalized spacial score (nSPS) is 11.9. The fourth-order valence-electron chi connectivity index (χ4n) is 2.67. The summed E-state index contributed by atoms with van der Waals surface area (Å²) < 4.78 is 10.4. The number of rotatable bonds is 8. The Kier molecular flexibility index (Phi) is 8.03. The fraction of sp³-hybridized carbons (Fsp3) is 0.364. The molecule has 1 atom stereocenters. The quantitative estimate of drug-likeness (QED) is 0.643. The highest BCUT2D eigenvalue weighted by molar-refractivity contribution is 6.31. The average Bonchev–Trinajstić information content (AvgIpc) is 2.68. The Labute approximate surface area is 171 Å². The molecule has 0 unspecified atom stereocenters. The van der Waals surface area contributed by atoms with Crippen LogP contribution in [0.3, 0.4) is 0 Å². The summed E-state index contributed by atoms with van der Waals surface area (Å²) in [6.07, 6.45) is 0. The molecule has 1 amide bonds. The zero-order chi connectivity index (χ0) is 20.7. The summed E-state index contributed by atoms with van der Waals surface area (Å²) in [7, 11) is 1.34. The average molecular weight is 404 g/mol. The van der Waals surface area contributed by atoms with Crippen molar-refractivity contribution in [2.24, 2.45) is 5.92 Å². The number of carbonyl (C=O) groups is 2. The molecular formula is C22H26ClNO4. The van der Waals surface area contributed by atoms with Crippen molar-refractivity contribution in [3.63, 3.8) is 0 Å². The molecule has 0 saturated carbocycles. The Bertz CT molecular complexity index is 818. The van der Waals surface area contributed by atoms with Crippen molar-refractivity contribution < 1.29 is 19.1 Å². The van der Waals surface area contributed by atoms with Crippen LogP contribution in [0, 0.1) is 5.92 Å². The van der Waals surface area contributed by atoms with Gasteiger partial charge in [0, 0.05) is 17.2 Å². The molecule has 0 radical (unpaired) electrons. The van der Waals surface area contributed by atoms with E-state index in [9.17, 15) is 9.59 Å². The highest BCUT2D eigenvalue weighted by Crippen LogP contribution is 2.20. The predicted octanol–water partition coefficient (Wildman–Crippen LogP) is 4.79. The minimum absolute atomic E-state index is 0.227. The maximum atomic E-state index is 12.8. The molecule has 0 fully saturated rings. The van der Waals surface area contributed by atoms with Crippen LogP contribution in [0.1, 0.15) is 58.7 Å². The van der Waals surface area contributed by atoms with Gasteiger partial charge in [-0.05, 0) is 48.2 Å². The van der Waals surface area contributed by atoms with Gasteiger partial charge in [-0.3, -0.25) is 4.79 Å². The molecule has 6 heteroatoms. The van der Waals surface area contributed by atoms with Crippen molar-refractivity contribution in [2.45, 2.75) is 33.4 Å². The molecule has 2 rings (SSSR count). The molecule has 0 aliphatic heterocycles. The van der Waals surface area contributed by atoms with Crippen LogP contribution in [0.2, 0.25) is 5.02 Å². The molecule has 0 bridgehead atoms. The Balaban J connectivity index is 2.10. The van der Waals surface area contributed by atoms with E-state index < -0.39 is 5.97 Å². The molecular weight excluding hydrogens is 378 g/mol. The smallest absolute Gasteiger partial charge is 0.337 e. The molecule has 150 valence electrons. The van der Waals surface area contributed by atoms with Crippen LogP contribution in [0.15, 0.2) is 42.5 Å². The van der Waals surface area contributed by atoms with Crippen molar-refractivity contribution in [1.29, 1.82) is 0 Å². The van der Waals surface area contributed by atoms with E-state index >= 15 is 0 Å². The van der Waals surface area contributed by atoms with Crippen molar-refractivity contribution in [3.05, 3.63) is 69.7 Å². The van der Waals surface area contributed by atoms with Crippen molar-refractivity contribution in [1.82, 2.24) is 5.32 Å². The number of methoxy groups -OCH3 is 1. The summed E-state index contributed by atoms with van der Waals surface area (Å²) in [6, 6.07) is 11.9. The molecule has 0 saturated heterocycles. The number of ether oxygens (including phenoxy) is 2. The lowest BCUT2D eigenvalue weighted by Gasteiger charge is -2.17. The lowest BCUT2D eigenvalue weighted by Crippen LogP contribution is -2.27. The van der Waals surface area contributed by atoms with Gasteiger partial charge in [-0.25, -0.2) is 4.79 Å². The van der Waals surface area contributed by atoms with E-state index in [1.165, 1.54) is 7.11 Å². The number of amides is 1. The molecule has 2 aromatic rings. The number of hydrogen-bond acceptors (Lipinski definition) is 4. The maximum Gasteiger partial charge on any atom is 0.337 e. The van der Waals surface area contributed by atoms with Crippen LogP contribution in [0.4, 0.5) is 0 Å². The first-order chi connectivity index (χ1) is 13.3. The number of esters is 1. The zero-order valence-corrected chi connectivity index (χ0v) is 17.4. The molecule has 1 N–H and O–H groups in total. The van der Waals surface area contributed by atoms with Gasteiger partial charge in [0.2, 0.25) is 0 Å². The third-order valence-corrected chi connectivity index (χ3v) is 4.44. The van der Waals surface area contributed by atoms with Gasteiger partial charge in [-0.1, -0.05) is 43.6 Å². The lowest BCUT2D eigenvalue weighted by molar-refractivity contribution is 0.0600. The van der Waals surface area contributed by atoms with Gasteiger partial charge >= 0.3 is 5.97 Å². The molecule has 0 heterocycles. The van der Waals surface area contributed by atoms with Gasteiger partial charge in [0.05, 0.1) is 25.3 Å². The second-order valence-corrected chi connectivity index (χ2v) is 7.46. The molecule has 0 aromatic heterocycles. The van der Waals surface area contributed by atoms with Gasteiger partial charge in [-0.2, -0.15) is 0 Å². The topological polar surface area (TPSA) is 64.6 Å². The van der Waals surface area contributed by atoms with E-state index in [4.69, 9.17) is 21.1 Å². The highest BCUT2D eigenvalue weighted by atomic mass is 35.5. The van der Waals surface area contributed by atoms with Gasteiger partial charge in [0.15, 0.2) is 0 Å². The van der Waals surface area contributed by atoms with E-state index in [0.717, 1.165) is 11.1 Å². The molecule has 0 aliphatic carbocycles. The first-order valence-electron chi connectivity index (χ1n) is 9.17. The monoisotopic (exact) mass is 403 g/mol. The van der Waals surface area contributed by atoms with Gasteiger partial charge in [0.1, 0.15) is 0 Å². The fourth-order valence-corrected chi connectivity index (χ4v) is 2.85.